The molecule has 2 rings (SSSR count). The summed E-state index contributed by atoms with van der Waals surface area (Å²) in [4.78, 5) is 23.0. The highest BCUT2D eigenvalue weighted by atomic mass is 35.5. The third-order valence-electron chi connectivity index (χ3n) is 3.33. The molecule has 0 N–H and O–H groups in total. The van der Waals surface area contributed by atoms with Crippen LogP contribution in [0.15, 0.2) is 10.9 Å². The third-order valence-corrected chi connectivity index (χ3v) is 3.52. The molecule has 0 aromatic carbocycles. The van der Waals surface area contributed by atoms with E-state index in [2.05, 4.69) is 0 Å². The molecule has 1 aliphatic carbocycles. The van der Waals surface area contributed by atoms with Crippen LogP contribution >= 0.6 is 11.6 Å². The molecule has 1 aromatic heterocycles. The van der Waals surface area contributed by atoms with E-state index >= 15 is 0 Å². The van der Waals surface area contributed by atoms with Crippen LogP contribution in [0.5, 0.6) is 0 Å². The van der Waals surface area contributed by atoms with E-state index in [1.807, 2.05) is 17.6 Å². The topological polar surface area (TPSA) is 39.1 Å². The average Bonchev–Trinajstić information content (AvgIpc) is 2.74. The Morgan fingerprint density at radius 1 is 1.47 bits per heavy atom. The number of hydrogen-bond acceptors (Lipinski definition) is 2. The average molecular weight is 254 g/mol. The van der Waals surface area contributed by atoms with Gasteiger partial charge in [-0.05, 0) is 55.8 Å². The molecule has 0 radical (unpaired) electrons. The Bertz CT molecular complexity index is 505. The van der Waals surface area contributed by atoms with Gasteiger partial charge in [0.1, 0.15) is 0 Å². The molecule has 0 unspecified atom stereocenters. The second-order valence-electron chi connectivity index (χ2n) is 4.40. The van der Waals surface area contributed by atoms with Crippen molar-refractivity contribution in [1.82, 2.24) is 4.57 Å². The summed E-state index contributed by atoms with van der Waals surface area (Å²) in [6.07, 6.45) is 3.84. The van der Waals surface area contributed by atoms with Crippen molar-refractivity contribution in [3.8, 4) is 0 Å². The summed E-state index contributed by atoms with van der Waals surface area (Å²) in [5, 5.41) is -0.382. The Kier molecular flexibility index (Phi) is 3.67. The quantitative estimate of drug-likeness (QED) is 0.771. The third kappa shape index (κ3) is 2.44. The fourth-order valence-corrected chi connectivity index (χ4v) is 2.62. The summed E-state index contributed by atoms with van der Waals surface area (Å²) >= 11 is 5.32. The molecule has 1 aliphatic rings. The maximum absolute atomic E-state index is 12.2. The van der Waals surface area contributed by atoms with E-state index in [1.165, 1.54) is 11.3 Å². The largest absolute Gasteiger partial charge is 0.312 e. The zero-order valence-electron chi connectivity index (χ0n) is 9.96. The molecular weight excluding hydrogens is 238 g/mol. The highest BCUT2D eigenvalue weighted by Crippen LogP contribution is 2.21. The van der Waals surface area contributed by atoms with Gasteiger partial charge in [0.15, 0.2) is 0 Å². The zero-order valence-corrected chi connectivity index (χ0v) is 10.7. The molecule has 0 fully saturated rings. The van der Waals surface area contributed by atoms with Gasteiger partial charge >= 0.3 is 0 Å². The number of hydrogen-bond donors (Lipinski definition) is 0. The van der Waals surface area contributed by atoms with Crippen LogP contribution in [0.2, 0.25) is 0 Å². The molecule has 0 saturated heterocycles. The van der Waals surface area contributed by atoms with Crippen molar-refractivity contribution in [2.45, 2.75) is 45.6 Å². The van der Waals surface area contributed by atoms with Crippen molar-refractivity contribution in [1.29, 1.82) is 0 Å². The first-order valence-electron chi connectivity index (χ1n) is 6.06. The number of fused-ring (bicyclic) bond motifs is 1. The minimum Gasteiger partial charge on any atom is -0.312 e. The standard InChI is InChI=1S/C13H16ClNO2/c1-2-15-11-5-3-4-9(11)8-10(13(15)17)6-7-12(14)16/h8H,2-7H2,1H3. The fraction of sp³-hybridized carbons (Fsp3) is 0.538. The summed E-state index contributed by atoms with van der Waals surface area (Å²) < 4.78 is 1.84. The van der Waals surface area contributed by atoms with Crippen molar-refractivity contribution in [2.24, 2.45) is 0 Å². The van der Waals surface area contributed by atoms with E-state index in [4.69, 9.17) is 11.6 Å². The van der Waals surface area contributed by atoms with Crippen molar-refractivity contribution < 1.29 is 4.79 Å². The summed E-state index contributed by atoms with van der Waals surface area (Å²) in [7, 11) is 0. The fourth-order valence-electron chi connectivity index (χ4n) is 2.53. The molecule has 0 aliphatic heterocycles. The molecule has 17 heavy (non-hydrogen) atoms. The lowest BCUT2D eigenvalue weighted by Crippen LogP contribution is -2.26. The molecule has 0 bridgehead atoms. The molecule has 92 valence electrons. The second kappa shape index (κ2) is 5.05. The van der Waals surface area contributed by atoms with Crippen LogP contribution < -0.4 is 5.56 Å². The van der Waals surface area contributed by atoms with Gasteiger partial charge in [0.2, 0.25) is 5.24 Å². The molecule has 4 heteroatoms. The number of aromatic nitrogens is 1. The highest BCUT2D eigenvalue weighted by Gasteiger charge is 2.18. The number of aryl methyl sites for hydroxylation is 2. The lowest BCUT2D eigenvalue weighted by molar-refractivity contribution is -0.111. The first-order chi connectivity index (χ1) is 8.13. The highest BCUT2D eigenvalue weighted by molar-refractivity contribution is 6.63. The SMILES string of the molecule is CCn1c2c(cc(CCC(=O)Cl)c1=O)CCC2. The van der Waals surface area contributed by atoms with Crippen molar-refractivity contribution in [3.63, 3.8) is 0 Å². The summed E-state index contributed by atoms with van der Waals surface area (Å²) in [6, 6.07) is 1.97. The molecular formula is C13H16ClNO2. The summed E-state index contributed by atoms with van der Waals surface area (Å²) in [5.74, 6) is 0. The van der Waals surface area contributed by atoms with Crippen LogP contribution in [0.1, 0.15) is 36.6 Å². The Balaban J connectivity index is 2.40. The number of carbonyl (C=O) groups is 1. The molecule has 0 atom stereocenters. The van der Waals surface area contributed by atoms with E-state index < -0.39 is 0 Å². The van der Waals surface area contributed by atoms with E-state index in [0.717, 1.165) is 24.8 Å². The number of carbonyl (C=O) groups excluding carboxylic acids is 1. The second-order valence-corrected chi connectivity index (χ2v) is 4.82. The molecule has 0 amide bonds. The Hall–Kier alpha value is -1.09. The van der Waals surface area contributed by atoms with E-state index in [0.29, 0.717) is 13.0 Å². The lowest BCUT2D eigenvalue weighted by atomic mass is 10.1. The lowest BCUT2D eigenvalue weighted by Gasteiger charge is -2.12. The van der Waals surface area contributed by atoms with Crippen LogP contribution in [-0.2, 0) is 30.6 Å². The van der Waals surface area contributed by atoms with E-state index in [1.54, 1.807) is 0 Å². The molecule has 0 spiro atoms. The number of nitrogens with zero attached hydrogens (tertiary/aromatic N) is 1. The van der Waals surface area contributed by atoms with Crippen molar-refractivity contribution in [3.05, 3.63) is 33.2 Å². The van der Waals surface area contributed by atoms with Gasteiger partial charge in [-0.1, -0.05) is 0 Å². The van der Waals surface area contributed by atoms with Gasteiger partial charge in [-0.2, -0.15) is 0 Å². The van der Waals surface area contributed by atoms with Gasteiger partial charge in [0.25, 0.3) is 5.56 Å². The number of halogens is 1. The van der Waals surface area contributed by atoms with Gasteiger partial charge in [-0.25, -0.2) is 0 Å². The van der Waals surface area contributed by atoms with Crippen LogP contribution in [-0.4, -0.2) is 9.81 Å². The predicted octanol–water partition coefficient (Wildman–Crippen LogP) is 2.05. The van der Waals surface area contributed by atoms with Crippen molar-refractivity contribution in [2.75, 3.05) is 0 Å². The van der Waals surface area contributed by atoms with Crippen LogP contribution in [0.25, 0.3) is 0 Å². The van der Waals surface area contributed by atoms with Crippen LogP contribution in [0, 0.1) is 0 Å². The maximum atomic E-state index is 12.2. The van der Waals surface area contributed by atoms with E-state index in [-0.39, 0.29) is 17.2 Å². The van der Waals surface area contributed by atoms with Gasteiger partial charge in [0.05, 0.1) is 0 Å². The maximum Gasteiger partial charge on any atom is 0.253 e. The first-order valence-corrected chi connectivity index (χ1v) is 6.44. The predicted molar refractivity (Wildman–Crippen MR) is 67.6 cm³/mol. The molecule has 0 saturated carbocycles. The molecule has 1 aromatic rings. The number of pyridine rings is 1. The Morgan fingerprint density at radius 2 is 2.24 bits per heavy atom. The Morgan fingerprint density at radius 3 is 2.88 bits per heavy atom. The van der Waals surface area contributed by atoms with Gasteiger partial charge in [-0.3, -0.25) is 9.59 Å². The zero-order chi connectivity index (χ0) is 12.4. The summed E-state index contributed by atoms with van der Waals surface area (Å²) in [5.41, 5.74) is 3.22. The number of rotatable bonds is 4. The minimum atomic E-state index is -0.382. The van der Waals surface area contributed by atoms with Crippen molar-refractivity contribution >= 4 is 16.8 Å². The minimum absolute atomic E-state index is 0.0473. The van der Waals surface area contributed by atoms with Gasteiger partial charge < -0.3 is 4.57 Å². The van der Waals surface area contributed by atoms with Crippen LogP contribution in [0.3, 0.4) is 0 Å². The molecule has 1 heterocycles. The Labute approximate surface area is 105 Å². The summed E-state index contributed by atoms with van der Waals surface area (Å²) in [6.45, 7) is 2.68. The van der Waals surface area contributed by atoms with E-state index in [9.17, 15) is 9.59 Å². The molecule has 3 nitrogen and oxygen atoms in total. The van der Waals surface area contributed by atoms with Gasteiger partial charge in [-0.15, -0.1) is 0 Å². The first kappa shape index (κ1) is 12.4. The van der Waals surface area contributed by atoms with Gasteiger partial charge in [0, 0.05) is 24.2 Å². The normalized spacial score (nSPS) is 13.8. The van der Waals surface area contributed by atoms with Crippen LogP contribution in [0.4, 0.5) is 0 Å². The smallest absolute Gasteiger partial charge is 0.253 e. The monoisotopic (exact) mass is 253 g/mol.